The highest BCUT2D eigenvalue weighted by atomic mass is 35.5. The fourth-order valence-electron chi connectivity index (χ4n) is 6.82. The molecule has 1 fully saturated rings. The number of alkyl halides is 2. The molecule has 6 nitrogen and oxygen atoms in total. The van der Waals surface area contributed by atoms with Crippen LogP contribution in [0.2, 0.25) is 5.02 Å². The number of rotatable bonds is 9. The third-order valence-corrected chi connectivity index (χ3v) is 10.3. The van der Waals surface area contributed by atoms with E-state index in [0.717, 1.165) is 22.3 Å². The van der Waals surface area contributed by atoms with Crippen molar-refractivity contribution in [3.8, 4) is 0 Å². The van der Waals surface area contributed by atoms with Gasteiger partial charge in [-0.1, -0.05) is 66.6 Å². The number of esters is 1. The minimum Gasteiger partial charge on any atom is -0.454 e. The van der Waals surface area contributed by atoms with Crippen molar-refractivity contribution < 1.29 is 23.9 Å². The van der Waals surface area contributed by atoms with Crippen molar-refractivity contribution in [3.05, 3.63) is 106 Å². The number of amides is 2. The molecule has 0 aromatic heterocycles. The zero-order valence-corrected chi connectivity index (χ0v) is 25.1. The van der Waals surface area contributed by atoms with Gasteiger partial charge in [0.1, 0.15) is 9.75 Å². The van der Waals surface area contributed by atoms with E-state index < -0.39 is 33.7 Å². The Morgan fingerprint density at radius 3 is 1.74 bits per heavy atom. The molecular weight excluding hydrogens is 597 g/mol. The molecule has 3 atom stereocenters. The molecule has 4 aliphatic rings. The number of imide groups is 1. The quantitative estimate of drug-likeness (QED) is 0.0880. The van der Waals surface area contributed by atoms with E-state index in [4.69, 9.17) is 39.5 Å². The van der Waals surface area contributed by atoms with Crippen LogP contribution in [0.4, 0.5) is 0 Å². The van der Waals surface area contributed by atoms with Crippen LogP contribution in [0.25, 0.3) is 0 Å². The van der Waals surface area contributed by atoms with Crippen molar-refractivity contribution >= 4 is 58.4 Å². The first kappa shape index (κ1) is 28.9. The van der Waals surface area contributed by atoms with E-state index in [2.05, 4.69) is 0 Å². The number of unbranched alkanes of at least 4 members (excludes halogenated alkanes) is 2. The maximum absolute atomic E-state index is 13.8. The summed E-state index contributed by atoms with van der Waals surface area (Å²) in [6.07, 6.45) is 0.773. The highest BCUT2D eigenvalue weighted by Gasteiger charge is 2.72. The molecule has 2 bridgehead atoms. The van der Waals surface area contributed by atoms with Crippen molar-refractivity contribution in [1.82, 2.24) is 4.90 Å². The molecule has 3 aromatic rings. The first-order chi connectivity index (χ1) is 20.1. The molecule has 0 spiro atoms. The fourth-order valence-corrected chi connectivity index (χ4v) is 8.04. The number of hydrogen-bond acceptors (Lipinski definition) is 5. The van der Waals surface area contributed by atoms with Crippen molar-refractivity contribution in [2.75, 3.05) is 6.54 Å². The number of halogens is 3. The average molecular weight is 625 g/mol. The van der Waals surface area contributed by atoms with Crippen LogP contribution in [-0.4, -0.2) is 41.1 Å². The van der Waals surface area contributed by atoms with Gasteiger partial charge in [0.25, 0.3) is 0 Å². The smallest absolute Gasteiger partial charge is 0.306 e. The van der Waals surface area contributed by atoms with Gasteiger partial charge in [-0.25, -0.2) is 0 Å². The summed E-state index contributed by atoms with van der Waals surface area (Å²) in [5.41, 5.74) is 3.50. The summed E-state index contributed by atoms with van der Waals surface area (Å²) in [5.74, 6) is -3.05. The van der Waals surface area contributed by atoms with Crippen molar-refractivity contribution in [1.29, 1.82) is 0 Å². The minimum atomic E-state index is -1.19. The Hall–Kier alpha value is -3.19. The topological polar surface area (TPSA) is 80.8 Å². The zero-order valence-electron chi connectivity index (χ0n) is 22.8. The maximum Gasteiger partial charge on any atom is 0.306 e. The lowest BCUT2D eigenvalue weighted by Gasteiger charge is -2.54. The van der Waals surface area contributed by atoms with Crippen LogP contribution in [-0.2, 0) is 28.9 Å². The van der Waals surface area contributed by atoms with E-state index in [-0.39, 0.29) is 30.6 Å². The Bertz CT molecular complexity index is 1480. The van der Waals surface area contributed by atoms with Gasteiger partial charge in [0.05, 0.1) is 11.8 Å². The van der Waals surface area contributed by atoms with Crippen LogP contribution in [0, 0.1) is 11.8 Å². The van der Waals surface area contributed by atoms with Crippen LogP contribution in [0.3, 0.4) is 0 Å². The molecule has 216 valence electrons. The largest absolute Gasteiger partial charge is 0.454 e. The lowest BCUT2D eigenvalue weighted by atomic mass is 9.54. The maximum atomic E-state index is 13.8. The summed E-state index contributed by atoms with van der Waals surface area (Å²) in [7, 11) is 0. The summed E-state index contributed by atoms with van der Waals surface area (Å²) < 4.78 is 5.32. The molecule has 1 heterocycles. The number of nitrogens with zero attached hydrogens (tertiary/aromatic N) is 1. The summed E-state index contributed by atoms with van der Waals surface area (Å²) in [4.78, 5) is 51.5. The lowest BCUT2D eigenvalue weighted by Crippen LogP contribution is -2.57. The number of hydrogen-bond donors (Lipinski definition) is 0. The number of ketones is 1. The highest BCUT2D eigenvalue weighted by molar-refractivity contribution is 6.36. The number of carbonyl (C=O) groups is 4. The molecule has 0 unspecified atom stereocenters. The Kier molecular flexibility index (Phi) is 7.45. The zero-order chi connectivity index (χ0) is 29.8. The highest BCUT2D eigenvalue weighted by Crippen LogP contribution is 2.69. The number of likely N-dealkylation sites (tertiary alicyclic amines) is 1. The van der Waals surface area contributed by atoms with Gasteiger partial charge in [-0.05, 0) is 66.3 Å². The van der Waals surface area contributed by atoms with Gasteiger partial charge < -0.3 is 4.74 Å². The summed E-state index contributed by atoms with van der Waals surface area (Å²) in [5, 5.41) is 0.513. The number of benzene rings is 3. The van der Waals surface area contributed by atoms with E-state index >= 15 is 0 Å². The van der Waals surface area contributed by atoms with E-state index in [1.807, 2.05) is 48.5 Å². The number of carbonyl (C=O) groups excluding carboxylic acids is 4. The molecule has 9 heteroatoms. The Morgan fingerprint density at radius 2 is 1.26 bits per heavy atom. The predicted octanol–water partition coefficient (Wildman–Crippen LogP) is 6.61. The average Bonchev–Trinajstić information content (AvgIpc) is 3.25. The Balaban J connectivity index is 1.09. The molecule has 1 saturated heterocycles. The monoisotopic (exact) mass is 623 g/mol. The molecule has 42 heavy (non-hydrogen) atoms. The molecule has 2 amide bonds. The van der Waals surface area contributed by atoms with Crippen molar-refractivity contribution in [3.63, 3.8) is 0 Å². The van der Waals surface area contributed by atoms with E-state index in [0.29, 0.717) is 29.8 Å². The molecule has 1 aliphatic heterocycles. The summed E-state index contributed by atoms with van der Waals surface area (Å²) in [6.45, 7) is 1.74. The molecule has 7 rings (SSSR count). The van der Waals surface area contributed by atoms with Crippen LogP contribution in [0.5, 0.6) is 0 Å². The van der Waals surface area contributed by atoms with Crippen molar-refractivity contribution in [2.45, 2.75) is 48.5 Å². The molecule has 0 saturated carbocycles. The van der Waals surface area contributed by atoms with Crippen molar-refractivity contribution in [2.24, 2.45) is 11.8 Å². The van der Waals surface area contributed by atoms with Gasteiger partial charge in [0.15, 0.2) is 6.10 Å². The third-order valence-electron chi connectivity index (χ3n) is 8.75. The normalized spacial score (nSPS) is 26.0. The first-order valence-electron chi connectivity index (χ1n) is 14.0. The van der Waals surface area contributed by atoms with Gasteiger partial charge in [-0.2, -0.15) is 0 Å². The van der Waals surface area contributed by atoms with Crippen LogP contribution >= 0.6 is 34.8 Å². The second-order valence-corrected chi connectivity index (χ2v) is 12.7. The summed E-state index contributed by atoms with van der Waals surface area (Å²) >= 11 is 20.7. The van der Waals surface area contributed by atoms with Crippen LogP contribution in [0.1, 0.15) is 65.2 Å². The Labute approximate surface area is 258 Å². The van der Waals surface area contributed by atoms with E-state index in [1.54, 1.807) is 24.3 Å². The van der Waals surface area contributed by atoms with Crippen LogP contribution in [0.15, 0.2) is 72.8 Å². The number of ether oxygens (including phenoxy) is 1. The van der Waals surface area contributed by atoms with E-state index in [1.165, 1.54) is 11.8 Å². The van der Waals surface area contributed by atoms with Gasteiger partial charge in [0.2, 0.25) is 17.6 Å². The molecular formula is C33H28Cl3NO5. The van der Waals surface area contributed by atoms with Gasteiger partial charge in [-0.3, -0.25) is 24.1 Å². The molecule has 3 aromatic carbocycles. The second kappa shape index (κ2) is 10.8. The number of Topliss-reactive ketones (excluding diaryl/α,β-unsaturated/α-hetero) is 1. The minimum absolute atomic E-state index is 0.117. The lowest BCUT2D eigenvalue weighted by molar-refractivity contribution is -0.146. The van der Waals surface area contributed by atoms with Crippen LogP contribution < -0.4 is 0 Å². The summed E-state index contributed by atoms with van der Waals surface area (Å²) in [6, 6.07) is 21.5. The second-order valence-electron chi connectivity index (χ2n) is 11.1. The third kappa shape index (κ3) is 4.30. The van der Waals surface area contributed by atoms with Gasteiger partial charge in [-0.15, -0.1) is 23.2 Å². The predicted molar refractivity (Wildman–Crippen MR) is 160 cm³/mol. The fraction of sp³-hybridized carbons (Fsp3) is 0.333. The van der Waals surface area contributed by atoms with E-state index in [9.17, 15) is 19.2 Å². The molecule has 3 aliphatic carbocycles. The first-order valence-corrected chi connectivity index (χ1v) is 15.2. The standard InChI is InChI=1S/C33H28Cl3NO5/c1-19(29(39)20-14-16-21(34)17-15-20)42-26(38)13-3-2-8-18-37-30(40)27-28(31(37)41)33(36)23-10-5-4-9-22(23)32(27,35)24-11-6-7-12-25(24)33/h4-7,9-12,14-17,19,27-28H,2-3,8,13,18H2,1H3/t19-,27-,28+,32?,33?/m0/s1. The van der Waals surface area contributed by atoms with Gasteiger partial charge >= 0.3 is 5.97 Å². The SMILES string of the molecule is C[C@H](OC(=O)CCCCCN1C(=O)[C@@H]2[C@H](C1=O)C1(Cl)c3ccccc3C2(Cl)c2ccccc21)C(=O)c1ccc(Cl)cc1. The van der Waals surface area contributed by atoms with Gasteiger partial charge in [0, 0.05) is 23.6 Å². The molecule has 0 N–H and O–H groups in total. The molecule has 0 radical (unpaired) electrons. The Morgan fingerprint density at radius 1 is 0.786 bits per heavy atom.